The van der Waals surface area contributed by atoms with Gasteiger partial charge in [-0.05, 0) is 53.9 Å². The maximum Gasteiger partial charge on any atom is 0.374 e. The topological polar surface area (TPSA) is 75.0 Å². The Kier molecular flexibility index (Phi) is 7.14. The molecule has 37 heavy (non-hydrogen) atoms. The molecule has 1 aliphatic rings. The third-order valence-electron chi connectivity index (χ3n) is 6.03. The number of hydrogen-bond donors (Lipinski definition) is 0. The molecule has 1 aliphatic heterocycles. The molecule has 2 heterocycles. The molecule has 0 aliphatic carbocycles. The summed E-state index contributed by atoms with van der Waals surface area (Å²) < 4.78 is 35.6. The van der Waals surface area contributed by atoms with Crippen LogP contribution in [-0.2, 0) is 22.5 Å². The van der Waals surface area contributed by atoms with Crippen molar-refractivity contribution in [3.63, 3.8) is 0 Å². The number of para-hydroxylation sites is 1. The average molecular weight is 501 g/mol. The Morgan fingerprint density at radius 3 is 2.73 bits per heavy atom. The van der Waals surface area contributed by atoms with E-state index in [9.17, 15) is 14.0 Å². The van der Waals surface area contributed by atoms with Gasteiger partial charge in [0.25, 0.3) is 0 Å². The second-order valence-corrected chi connectivity index (χ2v) is 8.71. The highest BCUT2D eigenvalue weighted by atomic mass is 19.1. The molecule has 0 saturated carbocycles. The third kappa shape index (κ3) is 5.62. The van der Waals surface area contributed by atoms with Crippen LogP contribution in [0.3, 0.4) is 0 Å². The number of hydrogen-bond acceptors (Lipinski definition) is 6. The molecular formula is C30H25FO6. The first-order valence-electron chi connectivity index (χ1n) is 12.0. The maximum atomic E-state index is 13.0. The van der Waals surface area contributed by atoms with Gasteiger partial charge in [-0.3, -0.25) is 4.79 Å². The second kappa shape index (κ2) is 10.8. The van der Waals surface area contributed by atoms with Crippen LogP contribution in [0.2, 0.25) is 0 Å². The van der Waals surface area contributed by atoms with Crippen LogP contribution >= 0.6 is 0 Å². The highest BCUT2D eigenvalue weighted by molar-refractivity contribution is 5.92. The smallest absolute Gasteiger partial charge is 0.374 e. The van der Waals surface area contributed by atoms with Crippen molar-refractivity contribution in [3.8, 4) is 5.75 Å². The first-order valence-corrected chi connectivity index (χ1v) is 12.0. The van der Waals surface area contributed by atoms with E-state index in [1.165, 1.54) is 12.1 Å². The summed E-state index contributed by atoms with van der Waals surface area (Å²) in [6.07, 6.45) is 4.39. The number of carbonyl (C=O) groups is 1. The van der Waals surface area contributed by atoms with Gasteiger partial charge in [0.15, 0.2) is 5.43 Å². The van der Waals surface area contributed by atoms with Crippen LogP contribution in [0.4, 0.5) is 4.39 Å². The van der Waals surface area contributed by atoms with Gasteiger partial charge in [0.05, 0.1) is 25.2 Å². The average Bonchev–Trinajstić information content (AvgIpc) is 3.31. The number of esters is 1. The first kappa shape index (κ1) is 24.5. The van der Waals surface area contributed by atoms with E-state index < -0.39 is 5.97 Å². The van der Waals surface area contributed by atoms with Crippen LogP contribution < -0.4 is 10.2 Å². The van der Waals surface area contributed by atoms with Crippen molar-refractivity contribution < 1.29 is 27.8 Å². The minimum Gasteiger partial charge on any atom is -0.487 e. The lowest BCUT2D eigenvalue weighted by Crippen LogP contribution is -2.20. The second-order valence-electron chi connectivity index (χ2n) is 8.71. The quantitative estimate of drug-likeness (QED) is 0.225. The fraction of sp³-hybridized carbons (Fsp3) is 0.200. The highest BCUT2D eigenvalue weighted by Crippen LogP contribution is 2.31. The van der Waals surface area contributed by atoms with Crippen LogP contribution in [0.15, 0.2) is 75.9 Å². The number of fused-ring (bicyclic) bond motifs is 2. The molecule has 1 atom stereocenters. The predicted molar refractivity (Wildman–Crippen MR) is 138 cm³/mol. The summed E-state index contributed by atoms with van der Waals surface area (Å²) in [5.74, 6) is -0.241. The molecular weight excluding hydrogens is 475 g/mol. The van der Waals surface area contributed by atoms with Crippen LogP contribution in [-0.4, -0.2) is 25.3 Å². The molecule has 1 aromatic heterocycles. The zero-order valence-corrected chi connectivity index (χ0v) is 20.2. The maximum absolute atomic E-state index is 13.0. The summed E-state index contributed by atoms with van der Waals surface area (Å²) in [6, 6.07) is 18.6. The van der Waals surface area contributed by atoms with Gasteiger partial charge < -0.3 is 18.6 Å². The van der Waals surface area contributed by atoms with Crippen molar-refractivity contribution in [2.24, 2.45) is 0 Å². The van der Waals surface area contributed by atoms with Crippen LogP contribution in [0.25, 0.3) is 23.1 Å². The van der Waals surface area contributed by atoms with E-state index in [1.54, 1.807) is 31.2 Å². The van der Waals surface area contributed by atoms with E-state index in [0.29, 0.717) is 36.2 Å². The van der Waals surface area contributed by atoms with Crippen LogP contribution in [0, 0.1) is 5.82 Å². The van der Waals surface area contributed by atoms with E-state index >= 15 is 0 Å². The van der Waals surface area contributed by atoms with Crippen molar-refractivity contribution in [1.29, 1.82) is 0 Å². The first-order chi connectivity index (χ1) is 18.0. The van der Waals surface area contributed by atoms with E-state index in [0.717, 1.165) is 28.5 Å². The Morgan fingerprint density at radius 2 is 1.92 bits per heavy atom. The number of benzene rings is 3. The molecule has 0 spiro atoms. The molecule has 188 valence electrons. The summed E-state index contributed by atoms with van der Waals surface area (Å²) >= 11 is 0. The van der Waals surface area contributed by atoms with Gasteiger partial charge in [-0.25, -0.2) is 9.18 Å². The summed E-state index contributed by atoms with van der Waals surface area (Å²) in [6.45, 7) is 2.69. The van der Waals surface area contributed by atoms with Crippen LogP contribution in [0.1, 0.15) is 39.7 Å². The Morgan fingerprint density at radius 1 is 1.08 bits per heavy atom. The lowest BCUT2D eigenvalue weighted by atomic mass is 10.0. The summed E-state index contributed by atoms with van der Waals surface area (Å²) in [7, 11) is 0. The van der Waals surface area contributed by atoms with E-state index in [4.69, 9.17) is 18.6 Å². The van der Waals surface area contributed by atoms with Gasteiger partial charge >= 0.3 is 5.97 Å². The summed E-state index contributed by atoms with van der Waals surface area (Å²) in [4.78, 5) is 24.6. The number of carbonyl (C=O) groups excluding carboxylic acids is 1. The lowest BCUT2D eigenvalue weighted by molar-refractivity contribution is 0.0490. The molecule has 5 rings (SSSR count). The van der Waals surface area contributed by atoms with Gasteiger partial charge in [0, 0.05) is 18.1 Å². The molecule has 1 unspecified atom stereocenters. The van der Waals surface area contributed by atoms with Gasteiger partial charge in [-0.15, -0.1) is 0 Å². The molecule has 6 nitrogen and oxygen atoms in total. The number of halogens is 1. The third-order valence-corrected chi connectivity index (χ3v) is 6.03. The predicted octanol–water partition coefficient (Wildman–Crippen LogP) is 5.80. The van der Waals surface area contributed by atoms with Crippen molar-refractivity contribution in [2.45, 2.75) is 26.1 Å². The Labute approximate surface area is 212 Å². The fourth-order valence-corrected chi connectivity index (χ4v) is 4.24. The number of rotatable bonds is 8. The number of ether oxygens (including phenoxy) is 3. The Balaban J connectivity index is 1.28. The minimum atomic E-state index is -0.671. The van der Waals surface area contributed by atoms with Crippen molar-refractivity contribution >= 4 is 29.1 Å². The largest absolute Gasteiger partial charge is 0.487 e. The minimum absolute atomic E-state index is 0.0942. The van der Waals surface area contributed by atoms with Gasteiger partial charge in [0.1, 0.15) is 23.3 Å². The Bertz CT molecular complexity index is 1520. The highest BCUT2D eigenvalue weighted by Gasteiger charge is 2.23. The zero-order valence-electron chi connectivity index (χ0n) is 20.2. The summed E-state index contributed by atoms with van der Waals surface area (Å²) in [5, 5.41) is 0.390. The monoisotopic (exact) mass is 500 g/mol. The van der Waals surface area contributed by atoms with Crippen molar-refractivity contribution in [3.05, 3.63) is 111 Å². The standard InChI is InChI=1S/C30H25FO6/c1-2-35-30(33)28-16-26(32)25-5-3-4-21(29(25)37-28)10-6-19-9-13-27-22(14-19)15-24(36-27)18-34-17-20-7-11-23(31)12-8-20/h3-14,16,24H,2,15,17-18H2,1H3/b10-6+. The summed E-state index contributed by atoms with van der Waals surface area (Å²) in [5.41, 5.74) is 3.63. The molecule has 4 aromatic rings. The van der Waals surface area contributed by atoms with E-state index in [-0.39, 0.29) is 29.7 Å². The lowest BCUT2D eigenvalue weighted by Gasteiger charge is -2.11. The molecule has 0 amide bonds. The normalized spacial score (nSPS) is 14.6. The molecule has 3 aromatic carbocycles. The van der Waals surface area contributed by atoms with Gasteiger partial charge in [-0.1, -0.05) is 42.5 Å². The molecule has 0 saturated heterocycles. The Hall–Kier alpha value is -4.23. The molecule has 7 heteroatoms. The molecule has 0 radical (unpaired) electrons. The fourth-order valence-electron chi connectivity index (χ4n) is 4.24. The molecule has 0 fully saturated rings. The zero-order chi connectivity index (χ0) is 25.8. The van der Waals surface area contributed by atoms with Crippen molar-refractivity contribution in [2.75, 3.05) is 13.2 Å². The van der Waals surface area contributed by atoms with E-state index in [1.807, 2.05) is 30.4 Å². The van der Waals surface area contributed by atoms with Gasteiger partial charge in [-0.2, -0.15) is 0 Å². The van der Waals surface area contributed by atoms with Gasteiger partial charge in [0.2, 0.25) is 5.76 Å². The molecule has 0 N–H and O–H groups in total. The molecule has 0 bridgehead atoms. The SMILES string of the molecule is CCOC(=O)c1cc(=O)c2cccc(/C=C/c3ccc4c(c3)CC(COCc3ccc(F)cc3)O4)c2o1. The van der Waals surface area contributed by atoms with Crippen molar-refractivity contribution in [1.82, 2.24) is 0 Å². The van der Waals surface area contributed by atoms with Crippen LogP contribution in [0.5, 0.6) is 5.75 Å². The van der Waals surface area contributed by atoms with E-state index in [2.05, 4.69) is 6.07 Å².